The van der Waals surface area contributed by atoms with Gasteiger partial charge in [0.25, 0.3) is 0 Å². The van der Waals surface area contributed by atoms with Gasteiger partial charge in [-0.2, -0.15) is 0 Å². The van der Waals surface area contributed by atoms with E-state index in [1.54, 1.807) is 0 Å². The van der Waals surface area contributed by atoms with Crippen LogP contribution in [0.1, 0.15) is 20.3 Å². The van der Waals surface area contributed by atoms with Crippen LogP contribution >= 0.6 is 0 Å². The lowest BCUT2D eigenvalue weighted by molar-refractivity contribution is -0.417. The highest BCUT2D eigenvalue weighted by molar-refractivity contribution is 5.94. The van der Waals surface area contributed by atoms with Gasteiger partial charge in [0.15, 0.2) is 11.2 Å². The summed E-state index contributed by atoms with van der Waals surface area (Å²) in [7, 11) is 2.73. The first-order valence-corrected chi connectivity index (χ1v) is 6.36. The minimum Gasteiger partial charge on any atom is -0.468 e. The average molecular weight is 270 g/mol. The van der Waals surface area contributed by atoms with Gasteiger partial charge in [0, 0.05) is 18.9 Å². The molecular formula is C13H18O6. The number of methoxy groups -OCH3 is 2. The van der Waals surface area contributed by atoms with E-state index in [-0.39, 0.29) is 18.3 Å². The molecule has 19 heavy (non-hydrogen) atoms. The van der Waals surface area contributed by atoms with Crippen LogP contribution in [0.25, 0.3) is 0 Å². The van der Waals surface area contributed by atoms with Crippen molar-refractivity contribution in [2.24, 2.45) is 17.3 Å². The fourth-order valence-electron chi connectivity index (χ4n) is 4.10. The zero-order chi connectivity index (χ0) is 14.1. The smallest absolute Gasteiger partial charge is 0.321 e. The third kappa shape index (κ3) is 1.18. The second kappa shape index (κ2) is 3.56. The van der Waals surface area contributed by atoms with Crippen LogP contribution in [-0.4, -0.2) is 44.2 Å². The number of ether oxygens (including phenoxy) is 4. The van der Waals surface area contributed by atoms with Gasteiger partial charge in [-0.1, -0.05) is 0 Å². The van der Waals surface area contributed by atoms with Crippen molar-refractivity contribution < 1.29 is 28.5 Å². The predicted molar refractivity (Wildman–Crippen MR) is 61.9 cm³/mol. The Morgan fingerprint density at radius 1 is 1.37 bits per heavy atom. The van der Waals surface area contributed by atoms with Gasteiger partial charge in [-0.3, -0.25) is 9.59 Å². The van der Waals surface area contributed by atoms with Crippen molar-refractivity contribution in [3.8, 4) is 0 Å². The molecule has 2 heterocycles. The highest BCUT2D eigenvalue weighted by Crippen LogP contribution is 2.71. The van der Waals surface area contributed by atoms with Crippen LogP contribution in [0.4, 0.5) is 0 Å². The lowest BCUT2D eigenvalue weighted by atomic mass is 9.47. The van der Waals surface area contributed by atoms with E-state index in [0.29, 0.717) is 6.42 Å². The molecule has 0 amide bonds. The predicted octanol–water partition coefficient (Wildman–Crippen LogP) is 0.490. The maximum Gasteiger partial charge on any atom is 0.321 e. The zero-order valence-electron chi connectivity index (χ0n) is 11.5. The van der Waals surface area contributed by atoms with Crippen LogP contribution in [0.3, 0.4) is 0 Å². The van der Waals surface area contributed by atoms with Gasteiger partial charge in [0.1, 0.15) is 6.61 Å². The molecule has 0 radical (unpaired) electrons. The molecule has 3 aliphatic rings. The molecule has 4 atom stereocenters. The fourth-order valence-corrected chi connectivity index (χ4v) is 4.10. The lowest BCUT2D eigenvalue weighted by Gasteiger charge is -2.56. The Labute approximate surface area is 111 Å². The van der Waals surface area contributed by atoms with Crippen molar-refractivity contribution in [1.82, 2.24) is 0 Å². The molecule has 106 valence electrons. The van der Waals surface area contributed by atoms with Crippen LogP contribution in [-0.2, 0) is 28.5 Å². The molecule has 0 aromatic heterocycles. The third-order valence-corrected chi connectivity index (χ3v) is 4.90. The van der Waals surface area contributed by atoms with Gasteiger partial charge in [-0.25, -0.2) is 0 Å². The number of hydrogen-bond acceptors (Lipinski definition) is 6. The van der Waals surface area contributed by atoms with E-state index >= 15 is 0 Å². The number of carbonyl (C=O) groups is 2. The normalized spacial score (nSPS) is 46.4. The molecule has 1 saturated carbocycles. The van der Waals surface area contributed by atoms with E-state index in [1.165, 1.54) is 14.2 Å². The lowest BCUT2D eigenvalue weighted by Crippen LogP contribution is -2.71. The molecular weight excluding hydrogens is 252 g/mol. The standard InChI is InChI=1S/C13H18O6/c1-11(2)9-5-7-8(14)6-18-13(17-4,19-11)12(7,9)10(15)16-3/h7,9H,5-6H2,1-4H3. The minimum absolute atomic E-state index is 0.0874. The molecule has 3 fully saturated rings. The topological polar surface area (TPSA) is 71.1 Å². The molecule has 0 N–H and O–H groups in total. The third-order valence-electron chi connectivity index (χ3n) is 4.90. The SMILES string of the molecule is COC(=O)C12C3CC1C(C)(C)OC2(OC)OCC3=O. The second-order valence-electron chi connectivity index (χ2n) is 5.92. The molecule has 6 heteroatoms. The number of carbonyl (C=O) groups excluding carboxylic acids is 2. The molecule has 0 spiro atoms. The van der Waals surface area contributed by atoms with Gasteiger partial charge < -0.3 is 18.9 Å². The van der Waals surface area contributed by atoms with Crippen molar-refractivity contribution in [2.45, 2.75) is 31.8 Å². The Bertz CT molecular complexity index is 458. The van der Waals surface area contributed by atoms with Gasteiger partial charge in [0.05, 0.1) is 12.7 Å². The maximum absolute atomic E-state index is 12.4. The Kier molecular flexibility index (Phi) is 2.44. The van der Waals surface area contributed by atoms with Crippen molar-refractivity contribution in [2.75, 3.05) is 20.8 Å². The van der Waals surface area contributed by atoms with Crippen molar-refractivity contribution in [3.63, 3.8) is 0 Å². The van der Waals surface area contributed by atoms with Gasteiger partial charge in [-0.05, 0) is 20.3 Å². The molecule has 6 nitrogen and oxygen atoms in total. The summed E-state index contributed by atoms with van der Waals surface area (Å²) in [5, 5.41) is 0. The summed E-state index contributed by atoms with van der Waals surface area (Å²) in [6.45, 7) is 3.66. The Balaban J connectivity index is 2.18. The largest absolute Gasteiger partial charge is 0.468 e. The van der Waals surface area contributed by atoms with Crippen molar-refractivity contribution in [1.29, 1.82) is 0 Å². The first kappa shape index (κ1) is 13.0. The number of hydrogen-bond donors (Lipinski definition) is 0. The highest BCUT2D eigenvalue weighted by atomic mass is 16.9. The Morgan fingerprint density at radius 2 is 2.05 bits per heavy atom. The summed E-state index contributed by atoms with van der Waals surface area (Å²) in [5.41, 5.74) is -1.78. The van der Waals surface area contributed by atoms with E-state index in [2.05, 4.69) is 0 Å². The van der Waals surface area contributed by atoms with Crippen molar-refractivity contribution >= 4 is 11.8 Å². The molecule has 0 bridgehead atoms. The summed E-state index contributed by atoms with van der Waals surface area (Å²) in [5.74, 6) is -2.68. The molecule has 3 rings (SSSR count). The van der Waals surface area contributed by atoms with Crippen LogP contribution in [0, 0.1) is 17.3 Å². The fraction of sp³-hybridized carbons (Fsp3) is 0.846. The number of rotatable bonds is 2. The van der Waals surface area contributed by atoms with Crippen LogP contribution in [0.15, 0.2) is 0 Å². The summed E-state index contributed by atoms with van der Waals surface area (Å²) < 4.78 is 21.8. The summed E-state index contributed by atoms with van der Waals surface area (Å²) >= 11 is 0. The highest BCUT2D eigenvalue weighted by Gasteiger charge is 2.85. The molecule has 1 aliphatic carbocycles. The summed E-state index contributed by atoms with van der Waals surface area (Å²) in [6.07, 6.45) is 0.607. The molecule has 2 saturated heterocycles. The van der Waals surface area contributed by atoms with Gasteiger partial charge >= 0.3 is 11.9 Å². The van der Waals surface area contributed by atoms with E-state index in [4.69, 9.17) is 18.9 Å². The van der Waals surface area contributed by atoms with Crippen LogP contribution < -0.4 is 0 Å². The Hall–Kier alpha value is -0.980. The minimum atomic E-state index is -1.51. The summed E-state index contributed by atoms with van der Waals surface area (Å²) in [6, 6.07) is 0. The Morgan fingerprint density at radius 3 is 2.63 bits per heavy atom. The molecule has 4 unspecified atom stereocenters. The zero-order valence-corrected chi connectivity index (χ0v) is 11.5. The first-order valence-electron chi connectivity index (χ1n) is 6.36. The van der Waals surface area contributed by atoms with E-state index in [0.717, 1.165) is 0 Å². The first-order chi connectivity index (χ1) is 8.85. The number of esters is 1. The van der Waals surface area contributed by atoms with E-state index in [1.807, 2.05) is 13.8 Å². The monoisotopic (exact) mass is 270 g/mol. The van der Waals surface area contributed by atoms with Crippen molar-refractivity contribution in [3.05, 3.63) is 0 Å². The summed E-state index contributed by atoms with van der Waals surface area (Å²) in [4.78, 5) is 24.4. The number of ketones is 1. The molecule has 0 aromatic rings. The quantitative estimate of drug-likeness (QED) is 0.680. The number of Topliss-reactive ketones (excluding diaryl/α,β-unsaturated/α-hetero) is 1. The molecule has 0 aromatic carbocycles. The van der Waals surface area contributed by atoms with E-state index < -0.39 is 28.9 Å². The average Bonchev–Trinajstić information content (AvgIpc) is 2.50. The van der Waals surface area contributed by atoms with Crippen LogP contribution in [0.2, 0.25) is 0 Å². The van der Waals surface area contributed by atoms with Gasteiger partial charge in [0.2, 0.25) is 0 Å². The second-order valence-corrected chi connectivity index (χ2v) is 5.92. The maximum atomic E-state index is 12.4. The van der Waals surface area contributed by atoms with Gasteiger partial charge in [-0.15, -0.1) is 0 Å². The van der Waals surface area contributed by atoms with Crippen LogP contribution in [0.5, 0.6) is 0 Å². The molecule has 2 aliphatic heterocycles. The van der Waals surface area contributed by atoms with E-state index in [9.17, 15) is 9.59 Å².